The molecule has 9 heteroatoms. The SMILES string of the molecule is Cn1cc(NC(=O)c2ccccc2-c2ccc(C(F)(F)F)cc2)cc1N(C=O)Cc1ccc(OCc2ccccc2)cc1. The van der Waals surface area contributed by atoms with Crippen LogP contribution in [0.4, 0.5) is 24.7 Å². The Morgan fingerprint density at radius 3 is 2.23 bits per heavy atom. The fourth-order valence-electron chi connectivity index (χ4n) is 4.68. The first-order valence-electron chi connectivity index (χ1n) is 13.4. The van der Waals surface area contributed by atoms with Gasteiger partial charge in [0.05, 0.1) is 17.8 Å². The minimum Gasteiger partial charge on any atom is -0.489 e. The smallest absolute Gasteiger partial charge is 0.416 e. The quantitative estimate of drug-likeness (QED) is 0.171. The normalized spacial score (nSPS) is 11.2. The van der Waals surface area contributed by atoms with Gasteiger partial charge in [-0.15, -0.1) is 0 Å². The van der Waals surface area contributed by atoms with Crippen LogP contribution >= 0.6 is 0 Å². The number of carbonyl (C=O) groups is 2. The van der Waals surface area contributed by atoms with E-state index in [4.69, 9.17) is 4.74 Å². The molecule has 1 aromatic heterocycles. The highest BCUT2D eigenvalue weighted by Crippen LogP contribution is 2.32. The first-order chi connectivity index (χ1) is 20.7. The van der Waals surface area contributed by atoms with Crippen LogP contribution in [0, 0.1) is 0 Å². The zero-order valence-corrected chi connectivity index (χ0v) is 23.2. The van der Waals surface area contributed by atoms with Crippen molar-refractivity contribution in [1.82, 2.24) is 4.57 Å². The summed E-state index contributed by atoms with van der Waals surface area (Å²) in [5.74, 6) is 0.841. The number of rotatable bonds is 10. The van der Waals surface area contributed by atoms with Crippen molar-refractivity contribution in [3.05, 3.63) is 138 Å². The lowest BCUT2D eigenvalue weighted by Gasteiger charge is -2.18. The summed E-state index contributed by atoms with van der Waals surface area (Å²) in [6.07, 6.45) is -2.04. The molecule has 0 fully saturated rings. The number of nitrogens with zero attached hydrogens (tertiary/aromatic N) is 2. The molecule has 6 nitrogen and oxygen atoms in total. The number of hydrogen-bond donors (Lipinski definition) is 1. The number of ether oxygens (including phenoxy) is 1. The molecule has 0 radical (unpaired) electrons. The molecule has 0 aliphatic carbocycles. The van der Waals surface area contributed by atoms with Crippen LogP contribution in [-0.4, -0.2) is 16.9 Å². The minimum atomic E-state index is -4.45. The van der Waals surface area contributed by atoms with Crippen molar-refractivity contribution in [3.63, 3.8) is 0 Å². The van der Waals surface area contributed by atoms with Gasteiger partial charge in [0, 0.05) is 24.9 Å². The number of amides is 2. The van der Waals surface area contributed by atoms with Crippen molar-refractivity contribution in [3.8, 4) is 16.9 Å². The third-order valence-corrected chi connectivity index (χ3v) is 6.88. The van der Waals surface area contributed by atoms with E-state index in [1.54, 1.807) is 48.1 Å². The monoisotopic (exact) mass is 583 g/mol. The molecular weight excluding hydrogens is 555 g/mol. The second kappa shape index (κ2) is 12.7. The van der Waals surface area contributed by atoms with E-state index in [0.717, 1.165) is 29.7 Å². The number of carbonyl (C=O) groups excluding carboxylic acids is 2. The lowest BCUT2D eigenvalue weighted by molar-refractivity contribution is -0.137. The molecule has 0 atom stereocenters. The summed E-state index contributed by atoms with van der Waals surface area (Å²) >= 11 is 0. The Balaban J connectivity index is 1.26. The van der Waals surface area contributed by atoms with Crippen LogP contribution < -0.4 is 15.0 Å². The van der Waals surface area contributed by atoms with Crippen molar-refractivity contribution in [1.29, 1.82) is 0 Å². The van der Waals surface area contributed by atoms with Gasteiger partial charge in [0.1, 0.15) is 18.2 Å². The lowest BCUT2D eigenvalue weighted by Crippen LogP contribution is -2.22. The molecular formula is C34H28F3N3O3. The van der Waals surface area contributed by atoms with Gasteiger partial charge < -0.3 is 14.6 Å². The molecule has 218 valence electrons. The first kappa shape index (κ1) is 29.2. The second-order valence-corrected chi connectivity index (χ2v) is 9.92. The molecule has 0 aliphatic rings. The van der Waals surface area contributed by atoms with E-state index < -0.39 is 17.6 Å². The number of alkyl halides is 3. The molecule has 0 aliphatic heterocycles. The van der Waals surface area contributed by atoms with Gasteiger partial charge in [0.15, 0.2) is 0 Å². The van der Waals surface area contributed by atoms with Gasteiger partial charge in [-0.05, 0) is 52.6 Å². The summed E-state index contributed by atoms with van der Waals surface area (Å²) in [4.78, 5) is 26.8. The van der Waals surface area contributed by atoms with Gasteiger partial charge in [-0.1, -0.05) is 72.8 Å². The largest absolute Gasteiger partial charge is 0.489 e. The Morgan fingerprint density at radius 1 is 0.884 bits per heavy atom. The zero-order chi connectivity index (χ0) is 30.4. The van der Waals surface area contributed by atoms with Crippen LogP contribution in [0.5, 0.6) is 5.75 Å². The number of halogens is 3. The summed E-state index contributed by atoms with van der Waals surface area (Å²) in [6.45, 7) is 0.748. The van der Waals surface area contributed by atoms with Crippen molar-refractivity contribution in [2.45, 2.75) is 19.3 Å². The summed E-state index contributed by atoms with van der Waals surface area (Å²) in [7, 11) is 1.76. The predicted octanol–water partition coefficient (Wildman–Crippen LogP) is 7.71. The number of hydrogen-bond acceptors (Lipinski definition) is 3. The maximum atomic E-state index is 13.3. The topological polar surface area (TPSA) is 63.6 Å². The summed E-state index contributed by atoms with van der Waals surface area (Å²) in [5.41, 5.74) is 2.93. The van der Waals surface area contributed by atoms with Gasteiger partial charge in [-0.3, -0.25) is 14.5 Å². The number of nitrogens with one attached hydrogen (secondary N) is 1. The lowest BCUT2D eigenvalue weighted by atomic mass is 9.98. The van der Waals surface area contributed by atoms with Crippen LogP contribution in [-0.2, 0) is 31.2 Å². The Bertz CT molecular complexity index is 1700. The highest BCUT2D eigenvalue weighted by molar-refractivity contribution is 6.09. The molecule has 1 N–H and O–H groups in total. The van der Waals surface area contributed by atoms with E-state index in [9.17, 15) is 22.8 Å². The number of aromatic nitrogens is 1. The number of benzene rings is 4. The number of anilines is 2. The van der Waals surface area contributed by atoms with E-state index in [2.05, 4.69) is 5.32 Å². The summed E-state index contributed by atoms with van der Waals surface area (Å²) < 4.78 is 46.6. The van der Waals surface area contributed by atoms with Crippen molar-refractivity contribution in [2.24, 2.45) is 7.05 Å². The molecule has 43 heavy (non-hydrogen) atoms. The molecule has 1 heterocycles. The van der Waals surface area contributed by atoms with Gasteiger partial charge in [-0.25, -0.2) is 0 Å². The van der Waals surface area contributed by atoms with Crippen LogP contribution in [0.3, 0.4) is 0 Å². The molecule has 5 rings (SSSR count). The third kappa shape index (κ3) is 7.13. The highest BCUT2D eigenvalue weighted by atomic mass is 19.4. The third-order valence-electron chi connectivity index (χ3n) is 6.88. The zero-order valence-electron chi connectivity index (χ0n) is 23.2. The van der Waals surface area contributed by atoms with E-state index in [1.807, 2.05) is 54.6 Å². The summed E-state index contributed by atoms with van der Waals surface area (Å²) in [6, 6.07) is 30.4. The Hall–Kier alpha value is -5.31. The second-order valence-electron chi connectivity index (χ2n) is 9.92. The molecule has 0 bridgehead atoms. The average Bonchev–Trinajstić information content (AvgIpc) is 3.38. The van der Waals surface area contributed by atoms with Crippen LogP contribution in [0.2, 0.25) is 0 Å². The maximum Gasteiger partial charge on any atom is 0.416 e. The highest BCUT2D eigenvalue weighted by Gasteiger charge is 2.30. The van der Waals surface area contributed by atoms with Crippen LogP contribution in [0.25, 0.3) is 11.1 Å². The maximum absolute atomic E-state index is 13.3. The van der Waals surface area contributed by atoms with E-state index in [-0.39, 0.29) is 0 Å². The van der Waals surface area contributed by atoms with Crippen molar-refractivity contribution >= 4 is 23.8 Å². The molecule has 0 spiro atoms. The molecule has 0 unspecified atom stereocenters. The fraction of sp³-hybridized carbons (Fsp3) is 0.118. The summed E-state index contributed by atoms with van der Waals surface area (Å²) in [5, 5.41) is 2.84. The van der Waals surface area contributed by atoms with E-state index >= 15 is 0 Å². The van der Waals surface area contributed by atoms with Gasteiger partial charge in [0.25, 0.3) is 5.91 Å². The van der Waals surface area contributed by atoms with Crippen molar-refractivity contribution < 1.29 is 27.5 Å². The Morgan fingerprint density at radius 2 is 1.56 bits per heavy atom. The van der Waals surface area contributed by atoms with Gasteiger partial charge in [-0.2, -0.15) is 13.2 Å². The Kier molecular flexibility index (Phi) is 8.61. The molecule has 0 saturated carbocycles. The van der Waals surface area contributed by atoms with Gasteiger partial charge >= 0.3 is 6.18 Å². The molecule has 0 saturated heterocycles. The van der Waals surface area contributed by atoms with Crippen LogP contribution in [0.15, 0.2) is 115 Å². The fourth-order valence-corrected chi connectivity index (χ4v) is 4.68. The molecule has 2 amide bonds. The number of aryl methyl sites for hydroxylation is 1. The average molecular weight is 584 g/mol. The molecule has 4 aromatic carbocycles. The van der Waals surface area contributed by atoms with Crippen molar-refractivity contribution in [2.75, 3.05) is 10.2 Å². The molecule has 5 aromatic rings. The first-order valence-corrected chi connectivity index (χ1v) is 13.4. The Labute approximate surface area is 247 Å². The predicted molar refractivity (Wildman–Crippen MR) is 160 cm³/mol. The minimum absolute atomic E-state index is 0.296. The van der Waals surface area contributed by atoms with Gasteiger partial charge in [0.2, 0.25) is 6.41 Å². The van der Waals surface area contributed by atoms with E-state index in [0.29, 0.717) is 47.1 Å². The standard InChI is InChI=1S/C34H28F3N3O3/c1-39-21-28(38-33(42)31-10-6-5-9-30(31)26-13-15-27(16-14-26)34(35,36)37)19-32(39)40(23-41)20-24-11-17-29(18-12-24)43-22-25-7-3-2-4-8-25/h2-19,21,23H,20,22H2,1H3,(H,38,42). The van der Waals surface area contributed by atoms with E-state index in [1.165, 1.54) is 17.0 Å². The van der Waals surface area contributed by atoms with Crippen LogP contribution in [0.1, 0.15) is 27.0 Å².